The van der Waals surface area contributed by atoms with Crippen molar-refractivity contribution < 1.29 is 14.4 Å². The van der Waals surface area contributed by atoms with Gasteiger partial charge in [0.15, 0.2) is 5.78 Å². The minimum atomic E-state index is -0.184. The Morgan fingerprint density at radius 2 is 1.79 bits per heavy atom. The highest BCUT2D eigenvalue weighted by Gasteiger charge is 2.31. The third-order valence-corrected chi connectivity index (χ3v) is 4.60. The van der Waals surface area contributed by atoms with E-state index in [0.29, 0.717) is 43.2 Å². The van der Waals surface area contributed by atoms with Gasteiger partial charge in [0.05, 0.1) is 0 Å². The van der Waals surface area contributed by atoms with Crippen LogP contribution in [0.5, 0.6) is 0 Å². The van der Waals surface area contributed by atoms with Gasteiger partial charge in [0, 0.05) is 36.3 Å². The molecule has 1 aliphatic carbocycles. The quantitative estimate of drug-likeness (QED) is 0.833. The van der Waals surface area contributed by atoms with E-state index in [4.69, 9.17) is 0 Å². The SMILES string of the molecule is CC(=O)c1cccc(NC(=O)N2CCC(C(=O)NC3CC3)CC2)c1. The van der Waals surface area contributed by atoms with Crippen molar-refractivity contribution in [3.05, 3.63) is 29.8 Å². The second-order valence-corrected chi connectivity index (χ2v) is 6.61. The summed E-state index contributed by atoms with van der Waals surface area (Å²) in [6, 6.07) is 7.11. The van der Waals surface area contributed by atoms with Crippen LogP contribution in [0.25, 0.3) is 0 Å². The molecule has 0 aromatic heterocycles. The number of hydrogen-bond acceptors (Lipinski definition) is 3. The Morgan fingerprint density at radius 1 is 1.08 bits per heavy atom. The van der Waals surface area contributed by atoms with Crippen LogP contribution in [-0.4, -0.2) is 41.8 Å². The number of amides is 3. The fraction of sp³-hybridized carbons (Fsp3) is 0.500. The van der Waals surface area contributed by atoms with Gasteiger partial charge in [-0.1, -0.05) is 12.1 Å². The summed E-state index contributed by atoms with van der Waals surface area (Å²) in [4.78, 5) is 37.5. The van der Waals surface area contributed by atoms with Gasteiger partial charge in [-0.25, -0.2) is 4.79 Å². The predicted octanol–water partition coefficient (Wildman–Crippen LogP) is 2.41. The zero-order valence-electron chi connectivity index (χ0n) is 13.9. The maximum atomic E-state index is 12.3. The molecule has 3 amide bonds. The summed E-state index contributed by atoms with van der Waals surface area (Å²) in [5.74, 6) is 0.107. The second kappa shape index (κ2) is 7.03. The lowest BCUT2D eigenvalue weighted by molar-refractivity contribution is -0.126. The number of hydrogen-bond donors (Lipinski definition) is 2. The fourth-order valence-electron chi connectivity index (χ4n) is 2.91. The Labute approximate surface area is 141 Å². The molecule has 1 saturated heterocycles. The topological polar surface area (TPSA) is 78.5 Å². The first-order chi connectivity index (χ1) is 11.5. The van der Waals surface area contributed by atoms with Crippen LogP contribution in [0.4, 0.5) is 10.5 Å². The Hall–Kier alpha value is -2.37. The Balaban J connectivity index is 1.50. The predicted molar refractivity (Wildman–Crippen MR) is 90.9 cm³/mol. The van der Waals surface area contributed by atoms with E-state index in [-0.39, 0.29) is 23.6 Å². The minimum Gasteiger partial charge on any atom is -0.353 e. The van der Waals surface area contributed by atoms with E-state index in [1.165, 1.54) is 6.92 Å². The van der Waals surface area contributed by atoms with Crippen molar-refractivity contribution >= 4 is 23.4 Å². The summed E-state index contributed by atoms with van der Waals surface area (Å²) >= 11 is 0. The molecule has 1 saturated carbocycles. The molecule has 1 heterocycles. The van der Waals surface area contributed by atoms with Crippen LogP contribution in [0, 0.1) is 5.92 Å². The number of nitrogens with one attached hydrogen (secondary N) is 2. The van der Waals surface area contributed by atoms with Gasteiger partial charge < -0.3 is 15.5 Å². The number of carbonyl (C=O) groups is 3. The van der Waals surface area contributed by atoms with E-state index in [1.54, 1.807) is 29.2 Å². The molecule has 0 radical (unpaired) electrons. The highest BCUT2D eigenvalue weighted by Crippen LogP contribution is 2.23. The first-order valence-electron chi connectivity index (χ1n) is 8.50. The first-order valence-corrected chi connectivity index (χ1v) is 8.50. The van der Waals surface area contributed by atoms with E-state index in [1.807, 2.05) is 0 Å². The molecule has 0 unspecified atom stereocenters. The molecule has 24 heavy (non-hydrogen) atoms. The molecule has 2 N–H and O–H groups in total. The third kappa shape index (κ3) is 4.13. The molecular weight excluding hydrogens is 306 g/mol. The number of carbonyl (C=O) groups excluding carboxylic acids is 3. The number of urea groups is 1. The molecule has 2 fully saturated rings. The number of rotatable bonds is 4. The number of piperidine rings is 1. The number of anilines is 1. The molecule has 1 aromatic carbocycles. The molecule has 3 rings (SSSR count). The van der Waals surface area contributed by atoms with Crippen molar-refractivity contribution in [2.75, 3.05) is 18.4 Å². The number of Topliss-reactive ketones (excluding diaryl/α,β-unsaturated/α-hetero) is 1. The second-order valence-electron chi connectivity index (χ2n) is 6.61. The summed E-state index contributed by atoms with van der Waals surface area (Å²) < 4.78 is 0. The van der Waals surface area contributed by atoms with Gasteiger partial charge in [-0.2, -0.15) is 0 Å². The molecule has 2 aliphatic rings. The number of nitrogens with zero attached hydrogens (tertiary/aromatic N) is 1. The lowest BCUT2D eigenvalue weighted by atomic mass is 9.96. The van der Waals surface area contributed by atoms with E-state index in [0.717, 1.165) is 12.8 Å². The summed E-state index contributed by atoms with van der Waals surface area (Å²) in [6.07, 6.45) is 3.57. The van der Waals surface area contributed by atoms with Gasteiger partial charge in [-0.05, 0) is 44.7 Å². The fourth-order valence-corrected chi connectivity index (χ4v) is 2.91. The van der Waals surface area contributed by atoms with Gasteiger partial charge in [-0.15, -0.1) is 0 Å². The van der Waals surface area contributed by atoms with Crippen molar-refractivity contribution in [2.24, 2.45) is 5.92 Å². The molecule has 0 spiro atoms. The molecule has 0 atom stereocenters. The lowest BCUT2D eigenvalue weighted by Gasteiger charge is -2.31. The summed E-state index contributed by atoms with van der Waals surface area (Å²) in [5, 5.41) is 5.86. The van der Waals surface area contributed by atoms with Gasteiger partial charge in [0.1, 0.15) is 0 Å². The molecular formula is C18H23N3O3. The smallest absolute Gasteiger partial charge is 0.321 e. The molecule has 0 bridgehead atoms. The van der Waals surface area contributed by atoms with E-state index in [2.05, 4.69) is 10.6 Å². The highest BCUT2D eigenvalue weighted by molar-refractivity contribution is 5.96. The van der Waals surface area contributed by atoms with Gasteiger partial charge >= 0.3 is 6.03 Å². The average Bonchev–Trinajstić information content (AvgIpc) is 3.39. The zero-order chi connectivity index (χ0) is 17.1. The Kier molecular flexibility index (Phi) is 4.83. The van der Waals surface area contributed by atoms with Crippen LogP contribution in [0.3, 0.4) is 0 Å². The maximum absolute atomic E-state index is 12.3. The summed E-state index contributed by atoms with van der Waals surface area (Å²) in [5.41, 5.74) is 1.18. The first kappa shape index (κ1) is 16.5. The number of likely N-dealkylation sites (tertiary alicyclic amines) is 1. The van der Waals surface area contributed by atoms with Crippen molar-refractivity contribution in [3.63, 3.8) is 0 Å². The number of benzene rings is 1. The van der Waals surface area contributed by atoms with Crippen molar-refractivity contribution in [1.29, 1.82) is 0 Å². The molecule has 1 aliphatic heterocycles. The normalized spacial score (nSPS) is 18.1. The van der Waals surface area contributed by atoms with E-state index < -0.39 is 0 Å². The van der Waals surface area contributed by atoms with Crippen LogP contribution in [0.2, 0.25) is 0 Å². The van der Waals surface area contributed by atoms with Crippen LogP contribution >= 0.6 is 0 Å². The van der Waals surface area contributed by atoms with Crippen LogP contribution in [-0.2, 0) is 4.79 Å². The Morgan fingerprint density at radius 3 is 2.42 bits per heavy atom. The lowest BCUT2D eigenvalue weighted by Crippen LogP contribution is -2.44. The average molecular weight is 329 g/mol. The zero-order valence-corrected chi connectivity index (χ0v) is 13.9. The van der Waals surface area contributed by atoms with E-state index in [9.17, 15) is 14.4 Å². The molecule has 128 valence electrons. The van der Waals surface area contributed by atoms with Gasteiger partial charge in [0.2, 0.25) is 5.91 Å². The molecule has 6 nitrogen and oxygen atoms in total. The van der Waals surface area contributed by atoms with Crippen molar-refractivity contribution in [2.45, 2.75) is 38.6 Å². The standard InChI is InChI=1S/C18H23N3O3/c1-12(22)14-3-2-4-16(11-14)20-18(24)21-9-7-13(8-10-21)17(23)19-15-5-6-15/h2-4,11,13,15H,5-10H2,1H3,(H,19,23)(H,20,24). The highest BCUT2D eigenvalue weighted by atomic mass is 16.2. The number of ketones is 1. The summed E-state index contributed by atoms with van der Waals surface area (Å²) in [6.45, 7) is 2.64. The third-order valence-electron chi connectivity index (χ3n) is 4.60. The maximum Gasteiger partial charge on any atom is 0.321 e. The summed E-state index contributed by atoms with van der Waals surface area (Å²) in [7, 11) is 0. The van der Waals surface area contributed by atoms with Crippen LogP contribution in [0.1, 0.15) is 43.0 Å². The van der Waals surface area contributed by atoms with Crippen LogP contribution < -0.4 is 10.6 Å². The largest absolute Gasteiger partial charge is 0.353 e. The minimum absolute atomic E-state index is 0.00990. The van der Waals surface area contributed by atoms with Gasteiger partial charge in [0.25, 0.3) is 0 Å². The monoisotopic (exact) mass is 329 g/mol. The van der Waals surface area contributed by atoms with Gasteiger partial charge in [-0.3, -0.25) is 9.59 Å². The molecule has 1 aromatic rings. The van der Waals surface area contributed by atoms with Crippen molar-refractivity contribution in [3.8, 4) is 0 Å². The molecule has 6 heteroatoms. The Bertz CT molecular complexity index is 647. The van der Waals surface area contributed by atoms with Crippen molar-refractivity contribution in [1.82, 2.24) is 10.2 Å². The van der Waals surface area contributed by atoms with Crippen LogP contribution in [0.15, 0.2) is 24.3 Å². The van der Waals surface area contributed by atoms with E-state index >= 15 is 0 Å².